The zero-order chi connectivity index (χ0) is 48.6. The van der Waals surface area contributed by atoms with E-state index in [0.717, 1.165) is 135 Å². The lowest BCUT2D eigenvalue weighted by Gasteiger charge is -2.18. The summed E-state index contributed by atoms with van der Waals surface area (Å²) < 4.78 is 16.7. The first-order valence-corrected chi connectivity index (χ1v) is 27.4. The second kappa shape index (κ2) is 54.7. The minimum absolute atomic E-state index is 0.0883. The highest BCUT2D eigenvalue weighted by atomic mass is 16.6. The molecular formula is C61H100O6. The van der Waals surface area contributed by atoms with Crippen LogP contribution in [0.1, 0.15) is 239 Å². The number of carbonyl (C=O) groups is 3. The Morgan fingerprint density at radius 1 is 0.313 bits per heavy atom. The molecule has 0 rings (SSSR count). The Morgan fingerprint density at radius 3 is 0.955 bits per heavy atom. The van der Waals surface area contributed by atoms with Crippen molar-refractivity contribution in [2.45, 2.75) is 245 Å². The van der Waals surface area contributed by atoms with Gasteiger partial charge < -0.3 is 14.2 Å². The van der Waals surface area contributed by atoms with E-state index in [9.17, 15) is 14.4 Å². The van der Waals surface area contributed by atoms with Gasteiger partial charge in [0.05, 0.1) is 0 Å². The van der Waals surface area contributed by atoms with Crippen molar-refractivity contribution in [3.8, 4) is 0 Å². The van der Waals surface area contributed by atoms with Gasteiger partial charge in [0.1, 0.15) is 13.2 Å². The van der Waals surface area contributed by atoms with Gasteiger partial charge >= 0.3 is 17.9 Å². The van der Waals surface area contributed by atoms with Crippen LogP contribution in [0.25, 0.3) is 0 Å². The Hall–Kier alpha value is -3.93. The predicted molar refractivity (Wildman–Crippen MR) is 288 cm³/mol. The average molecular weight is 929 g/mol. The molecule has 0 amide bonds. The van der Waals surface area contributed by atoms with E-state index in [0.29, 0.717) is 19.3 Å². The zero-order valence-corrected chi connectivity index (χ0v) is 43.4. The van der Waals surface area contributed by atoms with Crippen LogP contribution in [0.4, 0.5) is 0 Å². The summed E-state index contributed by atoms with van der Waals surface area (Å²) in [6.45, 7) is 6.39. The summed E-state index contributed by atoms with van der Waals surface area (Å²) in [5.74, 6) is -0.928. The standard InChI is InChI=1S/C61H100O6/c1-4-7-10-13-16-18-20-22-24-25-26-27-28-29-30-31-32-33-34-35-36-37-38-40-41-43-45-48-51-54-60(63)66-57-58(56-65-59(62)53-50-47-15-12-9-6-3)67-61(64)55-52-49-46-44-42-39-23-21-19-17-14-11-8-5-2/h7,10,14,16-18,21-24,26-27,29-30,32-33,35-36,58H,4-6,8-9,11-13,15,19-20,25,28,31,34,37-57H2,1-3H3/b10-7-,17-14-,18-16-,23-21-,24-22-,27-26-,30-29-,33-32-,36-35-. The quantitative estimate of drug-likeness (QED) is 0.0262. The molecule has 6 heteroatoms. The molecule has 0 radical (unpaired) electrons. The molecule has 0 saturated carbocycles. The molecule has 0 heterocycles. The molecule has 6 nitrogen and oxygen atoms in total. The van der Waals surface area contributed by atoms with Crippen LogP contribution in [0.3, 0.4) is 0 Å². The highest BCUT2D eigenvalue weighted by molar-refractivity contribution is 5.71. The lowest BCUT2D eigenvalue weighted by Crippen LogP contribution is -2.30. The molecule has 0 aromatic heterocycles. The molecule has 0 N–H and O–H groups in total. The molecule has 0 aliphatic carbocycles. The molecule has 0 bridgehead atoms. The van der Waals surface area contributed by atoms with Crippen LogP contribution in [-0.2, 0) is 28.6 Å². The van der Waals surface area contributed by atoms with Crippen molar-refractivity contribution in [3.05, 3.63) is 109 Å². The van der Waals surface area contributed by atoms with Crippen LogP contribution < -0.4 is 0 Å². The Balaban J connectivity index is 4.17. The van der Waals surface area contributed by atoms with E-state index >= 15 is 0 Å². The lowest BCUT2D eigenvalue weighted by atomic mass is 10.1. The first kappa shape index (κ1) is 63.1. The monoisotopic (exact) mass is 929 g/mol. The Labute approximate surface area is 412 Å². The van der Waals surface area contributed by atoms with Crippen molar-refractivity contribution in [3.63, 3.8) is 0 Å². The third-order valence-electron chi connectivity index (χ3n) is 11.3. The highest BCUT2D eigenvalue weighted by Gasteiger charge is 2.19. The SMILES string of the molecule is CC/C=C\C/C=C\C/C=C\C/C=C\C/C=C\C/C=C\C/C=C\CCCCCCCCCC(=O)OCC(COC(=O)CCCCCCCC)OC(=O)CCCCCCC/C=C\C/C=C\CCCC. The molecule has 380 valence electrons. The second-order valence-electron chi connectivity index (χ2n) is 17.8. The van der Waals surface area contributed by atoms with Crippen molar-refractivity contribution in [1.82, 2.24) is 0 Å². The summed E-state index contributed by atoms with van der Waals surface area (Å²) in [4.78, 5) is 37.8. The molecule has 1 atom stereocenters. The van der Waals surface area contributed by atoms with Crippen LogP contribution in [0.15, 0.2) is 109 Å². The predicted octanol–water partition coefficient (Wildman–Crippen LogP) is 18.3. The molecule has 0 fully saturated rings. The number of unbranched alkanes of at least 4 members (excludes halogenated alkanes) is 19. The van der Waals surface area contributed by atoms with Gasteiger partial charge in [-0.2, -0.15) is 0 Å². The summed E-state index contributed by atoms with van der Waals surface area (Å²) in [6, 6.07) is 0. The molecule has 67 heavy (non-hydrogen) atoms. The van der Waals surface area contributed by atoms with E-state index < -0.39 is 6.10 Å². The molecule has 0 aliphatic rings. The zero-order valence-electron chi connectivity index (χ0n) is 43.4. The molecule has 0 aliphatic heterocycles. The van der Waals surface area contributed by atoms with Crippen molar-refractivity contribution in [1.29, 1.82) is 0 Å². The van der Waals surface area contributed by atoms with Gasteiger partial charge in [0.2, 0.25) is 0 Å². The minimum atomic E-state index is -0.787. The van der Waals surface area contributed by atoms with E-state index in [1.165, 1.54) is 64.2 Å². The first-order chi connectivity index (χ1) is 33.0. The largest absolute Gasteiger partial charge is 0.462 e. The van der Waals surface area contributed by atoms with E-state index in [-0.39, 0.29) is 31.1 Å². The van der Waals surface area contributed by atoms with Gasteiger partial charge in [-0.05, 0) is 103 Å². The Kier molecular flexibility index (Phi) is 51.5. The summed E-state index contributed by atoms with van der Waals surface area (Å²) in [6.07, 6.45) is 73.9. The highest BCUT2D eigenvalue weighted by Crippen LogP contribution is 2.13. The van der Waals surface area contributed by atoms with Gasteiger partial charge in [-0.25, -0.2) is 0 Å². The Morgan fingerprint density at radius 2 is 0.597 bits per heavy atom. The maximum Gasteiger partial charge on any atom is 0.306 e. The van der Waals surface area contributed by atoms with Gasteiger partial charge in [-0.3, -0.25) is 14.4 Å². The number of hydrogen-bond acceptors (Lipinski definition) is 6. The van der Waals surface area contributed by atoms with Crippen molar-refractivity contribution < 1.29 is 28.6 Å². The fourth-order valence-electron chi connectivity index (χ4n) is 7.14. The van der Waals surface area contributed by atoms with Gasteiger partial charge in [0.15, 0.2) is 6.10 Å². The second-order valence-corrected chi connectivity index (χ2v) is 17.8. The molecule has 0 spiro atoms. The van der Waals surface area contributed by atoms with Crippen molar-refractivity contribution in [2.24, 2.45) is 0 Å². The maximum absolute atomic E-state index is 12.7. The van der Waals surface area contributed by atoms with Crippen LogP contribution in [0.2, 0.25) is 0 Å². The Bertz CT molecular complexity index is 1390. The van der Waals surface area contributed by atoms with Gasteiger partial charge in [-0.15, -0.1) is 0 Å². The topological polar surface area (TPSA) is 78.9 Å². The third kappa shape index (κ3) is 52.9. The average Bonchev–Trinajstić information content (AvgIpc) is 3.33. The van der Waals surface area contributed by atoms with E-state index in [2.05, 4.69) is 130 Å². The summed E-state index contributed by atoms with van der Waals surface area (Å²) in [7, 11) is 0. The van der Waals surface area contributed by atoms with Crippen LogP contribution in [-0.4, -0.2) is 37.2 Å². The minimum Gasteiger partial charge on any atom is -0.462 e. The number of ether oxygens (including phenoxy) is 3. The van der Waals surface area contributed by atoms with Crippen molar-refractivity contribution in [2.75, 3.05) is 13.2 Å². The van der Waals surface area contributed by atoms with Crippen molar-refractivity contribution >= 4 is 17.9 Å². The smallest absolute Gasteiger partial charge is 0.306 e. The number of carbonyl (C=O) groups excluding carboxylic acids is 3. The molecular weight excluding hydrogens is 829 g/mol. The van der Waals surface area contributed by atoms with E-state index in [4.69, 9.17) is 14.2 Å². The van der Waals surface area contributed by atoms with E-state index in [1.807, 2.05) is 0 Å². The molecule has 0 saturated heterocycles. The van der Waals surface area contributed by atoms with Crippen LogP contribution in [0.5, 0.6) is 0 Å². The third-order valence-corrected chi connectivity index (χ3v) is 11.3. The van der Waals surface area contributed by atoms with E-state index in [1.54, 1.807) is 0 Å². The van der Waals surface area contributed by atoms with Gasteiger partial charge in [0.25, 0.3) is 0 Å². The van der Waals surface area contributed by atoms with Gasteiger partial charge in [0, 0.05) is 19.3 Å². The first-order valence-electron chi connectivity index (χ1n) is 27.4. The maximum atomic E-state index is 12.7. The van der Waals surface area contributed by atoms with Crippen LogP contribution >= 0.6 is 0 Å². The fraction of sp³-hybridized carbons (Fsp3) is 0.656. The molecule has 0 aromatic rings. The lowest BCUT2D eigenvalue weighted by molar-refractivity contribution is -0.167. The number of allylic oxidation sites excluding steroid dienone is 18. The summed E-state index contributed by atoms with van der Waals surface area (Å²) in [5.41, 5.74) is 0. The molecule has 0 aromatic carbocycles. The number of hydrogen-bond donors (Lipinski definition) is 0. The number of esters is 3. The summed E-state index contributed by atoms with van der Waals surface area (Å²) in [5, 5.41) is 0. The summed E-state index contributed by atoms with van der Waals surface area (Å²) >= 11 is 0. The van der Waals surface area contributed by atoms with Crippen LogP contribution in [0, 0.1) is 0 Å². The number of rotatable bonds is 48. The molecule has 1 unspecified atom stereocenters. The van der Waals surface area contributed by atoms with Gasteiger partial charge in [-0.1, -0.05) is 226 Å². The fourth-order valence-corrected chi connectivity index (χ4v) is 7.14. The normalized spacial score (nSPS) is 12.9.